The second kappa shape index (κ2) is 4.53. The van der Waals surface area contributed by atoms with Gasteiger partial charge in [-0.3, -0.25) is 4.79 Å². The maximum atomic E-state index is 11.1. The lowest BCUT2D eigenvalue weighted by Crippen LogP contribution is -2.50. The fourth-order valence-electron chi connectivity index (χ4n) is 1.86. The summed E-state index contributed by atoms with van der Waals surface area (Å²) in [6.45, 7) is 3.40. The van der Waals surface area contributed by atoms with Crippen molar-refractivity contribution in [3.05, 3.63) is 29.8 Å². The molecule has 0 fully saturated rings. The molecule has 4 nitrogen and oxygen atoms in total. The Morgan fingerprint density at radius 1 is 1.44 bits per heavy atom. The summed E-state index contributed by atoms with van der Waals surface area (Å²) in [5.74, 6) is -1.13. The lowest BCUT2D eigenvalue weighted by molar-refractivity contribution is -0.143. The second-order valence-electron chi connectivity index (χ2n) is 4.14. The average Bonchev–Trinajstić information content (AvgIpc) is 2.21. The Balaban J connectivity index is 3.07. The van der Waals surface area contributed by atoms with E-state index < -0.39 is 11.5 Å². The molecule has 2 atom stereocenters. The van der Waals surface area contributed by atoms with Crippen LogP contribution >= 0.6 is 0 Å². The molecule has 4 heteroatoms. The predicted octanol–water partition coefficient (Wildman–Crippen LogP) is 1.69. The number of benzene rings is 1. The number of hydrogen-bond donors (Lipinski definition) is 3. The molecule has 0 radical (unpaired) electrons. The average molecular weight is 223 g/mol. The minimum absolute atomic E-state index is 0.160. The third kappa shape index (κ3) is 2.33. The standard InChI is InChI=1S/C12H17NO3/c1-3-10(12(2,13)11(15)16)8-4-6-9(14)7-5-8/h4-7,10,14H,3,13H2,1-2H3,(H,15,16). The van der Waals surface area contributed by atoms with Crippen molar-refractivity contribution in [2.24, 2.45) is 5.73 Å². The number of carboxylic acid groups (broad SMARTS) is 1. The highest BCUT2D eigenvalue weighted by atomic mass is 16.4. The number of phenols is 1. The summed E-state index contributed by atoms with van der Waals surface area (Å²) in [6.07, 6.45) is 0.629. The van der Waals surface area contributed by atoms with E-state index in [4.69, 9.17) is 10.8 Å². The molecular weight excluding hydrogens is 206 g/mol. The number of aliphatic carboxylic acids is 1. The van der Waals surface area contributed by atoms with Crippen LogP contribution < -0.4 is 5.73 Å². The van der Waals surface area contributed by atoms with E-state index in [2.05, 4.69) is 0 Å². The Morgan fingerprint density at radius 2 is 1.94 bits per heavy atom. The molecular formula is C12H17NO3. The maximum Gasteiger partial charge on any atom is 0.324 e. The molecule has 16 heavy (non-hydrogen) atoms. The van der Waals surface area contributed by atoms with Crippen molar-refractivity contribution in [3.8, 4) is 5.75 Å². The Hall–Kier alpha value is -1.55. The monoisotopic (exact) mass is 223 g/mol. The van der Waals surface area contributed by atoms with Gasteiger partial charge in [0.2, 0.25) is 0 Å². The van der Waals surface area contributed by atoms with Crippen LogP contribution in [0.1, 0.15) is 31.7 Å². The molecule has 0 aromatic heterocycles. The van der Waals surface area contributed by atoms with Gasteiger partial charge in [-0.05, 0) is 31.0 Å². The zero-order valence-electron chi connectivity index (χ0n) is 9.47. The molecule has 0 aliphatic carbocycles. The Labute approximate surface area is 94.7 Å². The van der Waals surface area contributed by atoms with Crippen molar-refractivity contribution in [2.45, 2.75) is 31.7 Å². The number of carbonyl (C=O) groups is 1. The molecule has 0 spiro atoms. The first-order chi connectivity index (χ1) is 7.39. The Kier molecular flexibility index (Phi) is 3.55. The highest BCUT2D eigenvalue weighted by Crippen LogP contribution is 2.30. The molecule has 1 rings (SSSR count). The third-order valence-electron chi connectivity index (χ3n) is 2.89. The Bertz CT molecular complexity index is 370. The van der Waals surface area contributed by atoms with Gasteiger partial charge in [-0.15, -0.1) is 0 Å². The molecule has 0 aliphatic heterocycles. The van der Waals surface area contributed by atoms with Crippen LogP contribution in [0.5, 0.6) is 5.75 Å². The molecule has 0 aliphatic rings. The van der Waals surface area contributed by atoms with Crippen molar-refractivity contribution in [1.29, 1.82) is 0 Å². The highest BCUT2D eigenvalue weighted by Gasteiger charge is 2.37. The van der Waals surface area contributed by atoms with Gasteiger partial charge in [-0.2, -0.15) is 0 Å². The van der Waals surface area contributed by atoms with Crippen LogP contribution in [0.3, 0.4) is 0 Å². The van der Waals surface area contributed by atoms with Gasteiger partial charge in [0, 0.05) is 5.92 Å². The lowest BCUT2D eigenvalue weighted by Gasteiger charge is -2.29. The minimum atomic E-state index is -1.30. The van der Waals surface area contributed by atoms with Crippen molar-refractivity contribution in [1.82, 2.24) is 0 Å². The number of phenolic OH excluding ortho intramolecular Hbond substituents is 1. The van der Waals surface area contributed by atoms with Gasteiger partial charge < -0.3 is 15.9 Å². The Morgan fingerprint density at radius 3 is 2.31 bits per heavy atom. The van der Waals surface area contributed by atoms with Gasteiger partial charge in [-0.25, -0.2) is 0 Å². The summed E-state index contributed by atoms with van der Waals surface area (Å²) in [6, 6.07) is 6.49. The topological polar surface area (TPSA) is 83.5 Å². The summed E-state index contributed by atoms with van der Waals surface area (Å²) in [5, 5.41) is 18.3. The van der Waals surface area contributed by atoms with Crippen LogP contribution in [0.2, 0.25) is 0 Å². The molecule has 0 bridgehead atoms. The van der Waals surface area contributed by atoms with Gasteiger partial charge in [0.15, 0.2) is 0 Å². The SMILES string of the molecule is CCC(c1ccc(O)cc1)C(C)(N)C(=O)O. The largest absolute Gasteiger partial charge is 0.508 e. The van der Waals surface area contributed by atoms with E-state index in [0.717, 1.165) is 5.56 Å². The molecule has 4 N–H and O–H groups in total. The van der Waals surface area contributed by atoms with Gasteiger partial charge in [0.05, 0.1) is 0 Å². The van der Waals surface area contributed by atoms with Gasteiger partial charge in [-0.1, -0.05) is 19.1 Å². The van der Waals surface area contributed by atoms with Crippen LogP contribution in [0.4, 0.5) is 0 Å². The van der Waals surface area contributed by atoms with E-state index in [1.165, 1.54) is 19.1 Å². The molecule has 1 aromatic carbocycles. The first kappa shape index (κ1) is 12.5. The van der Waals surface area contributed by atoms with Crippen LogP contribution in [0.25, 0.3) is 0 Å². The van der Waals surface area contributed by atoms with E-state index in [-0.39, 0.29) is 11.7 Å². The fraction of sp³-hybridized carbons (Fsp3) is 0.417. The minimum Gasteiger partial charge on any atom is -0.508 e. The number of aromatic hydroxyl groups is 1. The van der Waals surface area contributed by atoms with Gasteiger partial charge in [0.25, 0.3) is 0 Å². The van der Waals surface area contributed by atoms with Gasteiger partial charge in [0.1, 0.15) is 11.3 Å². The number of hydrogen-bond acceptors (Lipinski definition) is 3. The van der Waals surface area contributed by atoms with E-state index in [0.29, 0.717) is 6.42 Å². The quantitative estimate of drug-likeness (QED) is 0.725. The predicted molar refractivity (Wildman–Crippen MR) is 61.4 cm³/mol. The summed E-state index contributed by atoms with van der Waals surface area (Å²) in [4.78, 5) is 11.1. The van der Waals surface area contributed by atoms with Crippen LogP contribution in [-0.2, 0) is 4.79 Å². The second-order valence-corrected chi connectivity index (χ2v) is 4.14. The van der Waals surface area contributed by atoms with Crippen molar-refractivity contribution >= 4 is 5.97 Å². The van der Waals surface area contributed by atoms with Crippen LogP contribution in [-0.4, -0.2) is 21.7 Å². The number of nitrogens with two attached hydrogens (primary N) is 1. The summed E-state index contributed by atoms with van der Waals surface area (Å²) in [7, 11) is 0. The van der Waals surface area contributed by atoms with E-state index in [1.54, 1.807) is 12.1 Å². The molecule has 0 amide bonds. The molecule has 0 heterocycles. The number of rotatable bonds is 4. The summed E-state index contributed by atoms with van der Waals surface area (Å²) in [5.41, 5.74) is 5.35. The number of carboxylic acids is 1. The van der Waals surface area contributed by atoms with Crippen LogP contribution in [0.15, 0.2) is 24.3 Å². The maximum absolute atomic E-state index is 11.1. The van der Waals surface area contributed by atoms with Crippen molar-refractivity contribution in [2.75, 3.05) is 0 Å². The van der Waals surface area contributed by atoms with E-state index in [1.807, 2.05) is 6.92 Å². The molecule has 2 unspecified atom stereocenters. The fourth-order valence-corrected chi connectivity index (χ4v) is 1.86. The summed E-state index contributed by atoms with van der Waals surface area (Å²) < 4.78 is 0. The van der Waals surface area contributed by atoms with E-state index in [9.17, 15) is 9.90 Å². The molecule has 0 saturated heterocycles. The highest BCUT2D eigenvalue weighted by molar-refractivity contribution is 5.79. The third-order valence-corrected chi connectivity index (χ3v) is 2.89. The first-order valence-electron chi connectivity index (χ1n) is 5.20. The zero-order valence-corrected chi connectivity index (χ0v) is 9.47. The summed E-state index contributed by atoms with van der Waals surface area (Å²) >= 11 is 0. The zero-order chi connectivity index (χ0) is 12.3. The first-order valence-corrected chi connectivity index (χ1v) is 5.20. The normalized spacial score (nSPS) is 16.4. The molecule has 0 saturated carbocycles. The molecule has 1 aromatic rings. The van der Waals surface area contributed by atoms with Crippen molar-refractivity contribution in [3.63, 3.8) is 0 Å². The van der Waals surface area contributed by atoms with Gasteiger partial charge >= 0.3 is 5.97 Å². The molecule has 88 valence electrons. The van der Waals surface area contributed by atoms with E-state index >= 15 is 0 Å². The van der Waals surface area contributed by atoms with Crippen LogP contribution in [0, 0.1) is 0 Å². The lowest BCUT2D eigenvalue weighted by atomic mass is 9.79. The van der Waals surface area contributed by atoms with Crippen molar-refractivity contribution < 1.29 is 15.0 Å². The smallest absolute Gasteiger partial charge is 0.324 e.